The Morgan fingerprint density at radius 3 is 2.36 bits per heavy atom. The topological polar surface area (TPSA) is 34.1 Å². The molecule has 0 unspecified atom stereocenters. The van der Waals surface area contributed by atoms with E-state index < -0.39 is 17.9 Å². The van der Waals surface area contributed by atoms with E-state index in [-0.39, 0.29) is 0 Å². The maximum atomic E-state index is 12.6. The quantitative estimate of drug-likeness (QED) is 0.342. The van der Waals surface area contributed by atoms with E-state index in [0.717, 1.165) is 12.8 Å². The normalized spacial score (nSPS) is 11.1. The lowest BCUT2D eigenvalue weighted by Crippen LogP contribution is -2.16. The summed E-state index contributed by atoms with van der Waals surface area (Å²) in [5.41, 5.74) is 6.19. The Balaban J connectivity index is 2.84. The van der Waals surface area contributed by atoms with Gasteiger partial charge in [-0.15, -0.1) is 17.2 Å². The lowest BCUT2D eigenvalue weighted by Gasteiger charge is -2.06. The van der Waals surface area contributed by atoms with Crippen molar-refractivity contribution in [1.29, 1.82) is 0 Å². The van der Waals surface area contributed by atoms with E-state index in [9.17, 15) is 8.42 Å². The fourth-order valence-corrected chi connectivity index (χ4v) is 3.99. The first-order valence-corrected chi connectivity index (χ1v) is 12.5. The van der Waals surface area contributed by atoms with Crippen LogP contribution in [0.4, 0.5) is 0 Å². The average Bonchev–Trinajstić information content (AvgIpc) is 2.45. The van der Waals surface area contributed by atoms with Gasteiger partial charge < -0.3 is 0 Å². The molecule has 0 spiro atoms. The van der Waals surface area contributed by atoms with Gasteiger partial charge in [-0.3, -0.25) is 0 Å². The lowest BCUT2D eigenvalue weighted by atomic mass is 10.2. The van der Waals surface area contributed by atoms with Crippen molar-refractivity contribution in [3.8, 4) is 11.5 Å². The first-order chi connectivity index (χ1) is 10.3. The highest BCUT2D eigenvalue weighted by atomic mass is 32.2. The van der Waals surface area contributed by atoms with Crippen LogP contribution in [0.1, 0.15) is 26.2 Å². The molecule has 1 rings (SSSR count). The summed E-state index contributed by atoms with van der Waals surface area (Å²) in [5, 5.41) is 0. The van der Waals surface area contributed by atoms with Crippen LogP contribution < -0.4 is 0 Å². The van der Waals surface area contributed by atoms with Gasteiger partial charge in [0, 0.05) is 6.42 Å². The molecular weight excluding hydrogens is 308 g/mol. The molecule has 0 saturated carbocycles. The predicted octanol–water partition coefficient (Wildman–Crippen LogP) is 4.57. The number of rotatable bonds is 5. The second kappa shape index (κ2) is 8.19. The van der Waals surface area contributed by atoms with Crippen LogP contribution in [0.2, 0.25) is 19.6 Å². The Morgan fingerprint density at radius 1 is 1.18 bits per heavy atom. The highest BCUT2D eigenvalue weighted by molar-refractivity contribution is 7.95. The fourth-order valence-electron chi connectivity index (χ4n) is 1.85. The summed E-state index contributed by atoms with van der Waals surface area (Å²) in [7, 11) is -4.79. The zero-order chi connectivity index (χ0) is 16.6. The lowest BCUT2D eigenvalue weighted by molar-refractivity contribution is 0.599. The van der Waals surface area contributed by atoms with Crippen molar-refractivity contribution in [3.05, 3.63) is 47.0 Å². The van der Waals surface area contributed by atoms with E-state index in [0.29, 0.717) is 16.2 Å². The van der Waals surface area contributed by atoms with Gasteiger partial charge in [0.05, 0.1) is 9.80 Å². The molecule has 0 amide bonds. The minimum Gasteiger partial charge on any atom is -0.218 e. The average molecular weight is 333 g/mol. The van der Waals surface area contributed by atoms with E-state index in [4.69, 9.17) is 0 Å². The van der Waals surface area contributed by atoms with Gasteiger partial charge in [-0.05, 0) is 38.0 Å². The van der Waals surface area contributed by atoms with Crippen molar-refractivity contribution in [2.75, 3.05) is 0 Å². The zero-order valence-corrected chi connectivity index (χ0v) is 15.6. The van der Waals surface area contributed by atoms with Crippen LogP contribution in [-0.4, -0.2) is 16.5 Å². The predicted molar refractivity (Wildman–Crippen MR) is 95.9 cm³/mol. The van der Waals surface area contributed by atoms with Gasteiger partial charge in [-0.1, -0.05) is 37.8 Å². The van der Waals surface area contributed by atoms with Crippen molar-refractivity contribution in [2.24, 2.45) is 0 Å². The van der Waals surface area contributed by atoms with Gasteiger partial charge in [0.2, 0.25) is 9.84 Å². The summed E-state index contributed by atoms with van der Waals surface area (Å²) in [6.07, 6.45) is 3.59. The minimum atomic E-state index is -3.44. The maximum Gasteiger partial charge on any atom is 0.210 e. The van der Waals surface area contributed by atoms with Crippen LogP contribution in [0, 0.1) is 11.5 Å². The van der Waals surface area contributed by atoms with Crippen LogP contribution in [0.25, 0.3) is 0 Å². The molecule has 1 aromatic carbocycles. The summed E-state index contributed by atoms with van der Waals surface area (Å²) in [5.74, 6) is 3.18. The van der Waals surface area contributed by atoms with Crippen molar-refractivity contribution >= 4 is 17.9 Å². The molecule has 118 valence electrons. The SMILES string of the molecule is CC=C=C(CCCC#C[Si](C)(C)C)S(=O)(=O)c1ccccc1. The van der Waals surface area contributed by atoms with Crippen LogP contribution in [0.3, 0.4) is 0 Å². The van der Waals surface area contributed by atoms with Crippen molar-refractivity contribution in [2.45, 2.75) is 50.7 Å². The Bertz CT molecular complexity index is 708. The van der Waals surface area contributed by atoms with Crippen molar-refractivity contribution in [3.63, 3.8) is 0 Å². The third kappa shape index (κ3) is 6.07. The molecule has 0 aliphatic heterocycles. The number of unbranched alkanes of at least 4 members (excludes halogenated alkanes) is 1. The molecule has 0 aliphatic carbocycles. The summed E-state index contributed by atoms with van der Waals surface area (Å²) < 4.78 is 25.2. The highest BCUT2D eigenvalue weighted by Gasteiger charge is 2.19. The third-order valence-electron chi connectivity index (χ3n) is 2.85. The molecule has 0 heterocycles. The van der Waals surface area contributed by atoms with E-state index in [1.165, 1.54) is 0 Å². The van der Waals surface area contributed by atoms with Crippen LogP contribution in [0.5, 0.6) is 0 Å². The van der Waals surface area contributed by atoms with E-state index in [2.05, 4.69) is 36.8 Å². The van der Waals surface area contributed by atoms with Crippen LogP contribution in [0.15, 0.2) is 51.9 Å². The van der Waals surface area contributed by atoms with Crippen LogP contribution in [-0.2, 0) is 9.84 Å². The second-order valence-corrected chi connectivity index (χ2v) is 12.8. The second-order valence-electron chi connectivity index (χ2n) is 6.08. The monoisotopic (exact) mass is 332 g/mol. The third-order valence-corrected chi connectivity index (χ3v) is 5.64. The van der Waals surface area contributed by atoms with Gasteiger partial charge in [-0.2, -0.15) is 0 Å². The molecule has 0 radical (unpaired) electrons. The Labute approximate surface area is 135 Å². The summed E-state index contributed by atoms with van der Waals surface area (Å²) in [4.78, 5) is 0.670. The van der Waals surface area contributed by atoms with Gasteiger partial charge in [-0.25, -0.2) is 8.42 Å². The molecule has 0 bridgehead atoms. The Morgan fingerprint density at radius 2 is 1.82 bits per heavy atom. The molecule has 0 aliphatic rings. The first-order valence-electron chi connectivity index (χ1n) is 7.48. The smallest absolute Gasteiger partial charge is 0.210 e. The summed E-state index contributed by atoms with van der Waals surface area (Å²) in [6, 6.07) is 8.53. The van der Waals surface area contributed by atoms with Crippen molar-refractivity contribution in [1.82, 2.24) is 0 Å². The number of hydrogen-bond acceptors (Lipinski definition) is 2. The molecule has 0 saturated heterocycles. The van der Waals surface area contributed by atoms with Gasteiger partial charge >= 0.3 is 0 Å². The van der Waals surface area contributed by atoms with E-state index >= 15 is 0 Å². The van der Waals surface area contributed by atoms with Gasteiger partial charge in [0.1, 0.15) is 8.07 Å². The van der Waals surface area contributed by atoms with Gasteiger partial charge in [0.15, 0.2) is 0 Å². The largest absolute Gasteiger partial charge is 0.218 e. The molecule has 0 N–H and O–H groups in total. The zero-order valence-electron chi connectivity index (χ0n) is 13.8. The number of allylic oxidation sites excluding steroid dienone is 1. The summed E-state index contributed by atoms with van der Waals surface area (Å²) in [6.45, 7) is 8.38. The standard InChI is InChI=1S/C18H24O2SSi/c1-5-12-17(13-10-7-11-16-22(2,3)4)21(19,20)18-14-8-6-9-15-18/h5-6,8-9,14-15H,7,10,13H2,1-4H3. The van der Waals surface area contributed by atoms with E-state index in [1.807, 2.05) is 6.07 Å². The first kappa shape index (κ1) is 18.5. The number of hydrogen-bond donors (Lipinski definition) is 0. The number of sulfone groups is 1. The van der Waals surface area contributed by atoms with Crippen LogP contribution >= 0.6 is 0 Å². The summed E-state index contributed by atoms with van der Waals surface area (Å²) >= 11 is 0. The molecule has 4 heteroatoms. The Kier molecular flexibility index (Phi) is 6.89. The molecule has 0 aromatic heterocycles. The highest BCUT2D eigenvalue weighted by Crippen LogP contribution is 2.22. The van der Waals surface area contributed by atoms with Crippen molar-refractivity contribution < 1.29 is 8.42 Å². The molecule has 0 atom stereocenters. The molecule has 1 aromatic rings. The molecule has 22 heavy (non-hydrogen) atoms. The maximum absolute atomic E-state index is 12.6. The molecule has 2 nitrogen and oxygen atoms in total. The Hall–Kier alpha value is -1.53. The fraction of sp³-hybridized carbons (Fsp3) is 0.389. The van der Waals surface area contributed by atoms with E-state index in [1.54, 1.807) is 37.3 Å². The van der Waals surface area contributed by atoms with Gasteiger partial charge in [0.25, 0.3) is 0 Å². The molecular formula is C18H24O2SSi. The molecule has 0 fully saturated rings. The number of benzene rings is 1. The minimum absolute atomic E-state index is 0.326.